The largest absolute Gasteiger partial charge is 1.00 e. The van der Waals surface area contributed by atoms with E-state index in [4.69, 9.17) is 4.42 Å². The molecule has 3 aliphatic rings. The fraction of sp³-hybridized carbons (Fsp3) is 0.276. The predicted octanol–water partition coefficient (Wildman–Crippen LogP) is -4.62. The maximum atomic E-state index is 12.6. The number of nitrogens with one attached hydrogen (secondary N) is 7. The molecule has 0 spiro atoms. The predicted molar refractivity (Wildman–Crippen MR) is 403 cm³/mol. The molecule has 10 rings (SSSR count). The van der Waals surface area contributed by atoms with E-state index in [-0.39, 0.29) is 92.3 Å². The molecule has 108 heavy (non-hydrogen) atoms. The molecule has 0 saturated heterocycles. The van der Waals surface area contributed by atoms with E-state index in [0.29, 0.717) is 140 Å². The van der Waals surface area contributed by atoms with Crippen LogP contribution >= 0.6 is 11.8 Å². The summed E-state index contributed by atoms with van der Waals surface area (Å²) in [5, 5.41) is 21.0. The lowest BCUT2D eigenvalue weighted by Crippen LogP contribution is -3.00. The van der Waals surface area contributed by atoms with Crippen molar-refractivity contribution in [3.63, 3.8) is 0 Å². The van der Waals surface area contributed by atoms with Crippen molar-refractivity contribution >= 4 is 116 Å². The van der Waals surface area contributed by atoms with E-state index in [1.54, 1.807) is 130 Å². The number of amides is 11. The molecule has 0 bridgehead atoms. The first kappa shape index (κ1) is 88.2. The van der Waals surface area contributed by atoms with Gasteiger partial charge in [0.15, 0.2) is 0 Å². The topological polar surface area (TPSA) is 334 Å². The van der Waals surface area contributed by atoms with Crippen molar-refractivity contribution in [3.8, 4) is 0 Å². The van der Waals surface area contributed by atoms with E-state index in [1.807, 2.05) is 50.5 Å². The minimum Gasteiger partial charge on any atom is -1.00 e. The molecule has 28 nitrogen and oxygen atoms in total. The number of para-hydroxylation sites is 3. The number of nitrogens with zero attached hydrogens (tertiary/aromatic N) is 7. The molecule has 4 heterocycles. The Bertz CT molecular complexity index is 4640. The number of anilines is 5. The summed E-state index contributed by atoms with van der Waals surface area (Å²) in [6.45, 7) is 7.18. The summed E-state index contributed by atoms with van der Waals surface area (Å²) in [4.78, 5) is 161. The van der Waals surface area contributed by atoms with Crippen LogP contribution in [-0.4, -0.2) is 218 Å². The van der Waals surface area contributed by atoms with Gasteiger partial charge in [-0.2, -0.15) is 0 Å². The number of rotatable bonds is 29. The molecule has 6 aromatic carbocycles. The van der Waals surface area contributed by atoms with Gasteiger partial charge >= 0.3 is 11.4 Å². The Morgan fingerprint density at radius 1 is 0.407 bits per heavy atom. The molecule has 3 aliphatic heterocycles. The van der Waals surface area contributed by atoms with Crippen LogP contribution in [0.4, 0.5) is 28.4 Å². The molecule has 572 valence electrons. The average molecular weight is 1690 g/mol. The second-order valence-corrected chi connectivity index (χ2v) is 27.2. The molecule has 1 aromatic heterocycles. The van der Waals surface area contributed by atoms with Crippen molar-refractivity contribution in [1.82, 2.24) is 31.2 Å². The van der Waals surface area contributed by atoms with Gasteiger partial charge in [0.25, 0.3) is 65.0 Å². The first-order chi connectivity index (χ1) is 50.0. The van der Waals surface area contributed by atoms with E-state index in [9.17, 15) is 62.3 Å². The Hall–Kier alpha value is -10.5. The summed E-state index contributed by atoms with van der Waals surface area (Å²) < 4.78 is 8.13. The molecule has 0 atom stereocenters. The highest BCUT2D eigenvalue weighted by Crippen LogP contribution is 2.28. The Kier molecular flexibility index (Phi) is 33.0. The number of fused-ring (bicyclic) bond motifs is 1. The quantitative estimate of drug-likeness (QED) is 0.0171. The fourth-order valence-electron chi connectivity index (χ4n) is 11.2. The SMILES string of the molecule is CNC(=O)c1ccccc1NCC[N+](C)(C)CCNC(=O)c1ccc(N2C(=O)C=C(SC)C2=O)cc1.CNC(=O)c1ccccc1NCC[N+](C)(C)CCNC(=O)c1ccc(N2C(=O)C=CC2=O)cc1.C[N+](C)(CCNC(=O)c1ccc(N2C(=O)C=CC2=O)cc1)CCn1c(=O)oc(=O)c2ccccc21.[Br-].[Br-].[Br-]. The number of aromatic nitrogens is 1. The van der Waals surface area contributed by atoms with Crippen molar-refractivity contribution in [1.29, 1.82) is 0 Å². The van der Waals surface area contributed by atoms with Crippen LogP contribution in [0.15, 0.2) is 195 Å². The van der Waals surface area contributed by atoms with E-state index < -0.39 is 35.0 Å². The second-order valence-electron chi connectivity index (χ2n) is 26.4. The van der Waals surface area contributed by atoms with Gasteiger partial charge in [0.2, 0.25) is 0 Å². The lowest BCUT2D eigenvalue weighted by molar-refractivity contribution is -0.889. The van der Waals surface area contributed by atoms with Gasteiger partial charge in [-0.25, -0.2) is 24.3 Å². The number of imide groups is 3. The Morgan fingerprint density at radius 3 is 1.12 bits per heavy atom. The molecule has 0 saturated carbocycles. The number of benzene rings is 6. The van der Waals surface area contributed by atoms with Crippen LogP contribution in [0.1, 0.15) is 51.8 Å². The lowest BCUT2D eigenvalue weighted by atomic mass is 10.1. The molecule has 11 amide bonds. The zero-order chi connectivity index (χ0) is 76.2. The zero-order valence-electron chi connectivity index (χ0n) is 61.1. The van der Waals surface area contributed by atoms with Crippen LogP contribution in [-0.2, 0) is 35.3 Å². The second kappa shape index (κ2) is 40.5. The van der Waals surface area contributed by atoms with Gasteiger partial charge in [0.05, 0.1) is 165 Å². The van der Waals surface area contributed by atoms with Crippen LogP contribution in [0, 0.1) is 0 Å². The van der Waals surface area contributed by atoms with Crippen molar-refractivity contribution in [2.75, 3.05) is 160 Å². The number of carbonyl (C=O) groups is 11. The summed E-state index contributed by atoms with van der Waals surface area (Å²) >= 11 is 1.23. The van der Waals surface area contributed by atoms with Crippen LogP contribution in [0.2, 0.25) is 0 Å². The van der Waals surface area contributed by atoms with Crippen LogP contribution < -0.4 is 114 Å². The maximum Gasteiger partial charge on any atom is 0.422 e. The van der Waals surface area contributed by atoms with Crippen molar-refractivity contribution in [3.05, 3.63) is 230 Å². The third-order valence-electron chi connectivity index (χ3n) is 17.5. The molecule has 7 N–H and O–H groups in total. The first-order valence-corrected chi connectivity index (χ1v) is 34.9. The fourth-order valence-corrected chi connectivity index (χ4v) is 11.7. The molecular weight excluding hydrogens is 1600 g/mol. The Morgan fingerprint density at radius 2 is 0.750 bits per heavy atom. The highest BCUT2D eigenvalue weighted by molar-refractivity contribution is 8.03. The standard InChI is InChI=1S/C26H31N5O4S.C25H29N5O4.C25H24N4O6.3BrH/c1-27-25(34)20-7-5-6-8-21(20)28-13-15-31(2,3)16-14-29-24(33)18-9-11-19(12-10-18)30-23(32)17-22(36-4)26(30)35;1-26-25(34)20-6-4-5-7-21(20)27-14-16-30(2,3)17-15-28-24(33)18-8-10-19(11-9-18)29-22(31)12-13-23(29)32;1-29(2,16-14-27-20-6-4-3-5-19(20)24(33)35-25(27)34)15-13-26-23(32)17-7-9-18(10-8-17)28-21(30)11-12-22(28)31;;;/h5-12,17H,13-16H2,1-4H3,(H2-,27,28,29,33,34);4-13H,14-17H2,1-3H3,(H2-,26,27,28,33,34);3-12H,13-16H2,1-2H3;3*1H. The lowest BCUT2D eigenvalue weighted by Gasteiger charge is -2.30. The van der Waals surface area contributed by atoms with Crippen LogP contribution in [0.3, 0.4) is 0 Å². The van der Waals surface area contributed by atoms with E-state index in [0.717, 1.165) is 39.2 Å². The number of likely N-dealkylation sites (N-methyl/N-ethyl adjacent to an activating group) is 3. The summed E-state index contributed by atoms with van der Waals surface area (Å²) in [5.74, 6) is -4.04. The van der Waals surface area contributed by atoms with Gasteiger partial charge in [-0.15, -0.1) is 11.8 Å². The minimum absolute atomic E-state index is 0. The van der Waals surface area contributed by atoms with Gasteiger partial charge in [-0.05, 0) is 115 Å². The first-order valence-electron chi connectivity index (χ1n) is 33.6. The summed E-state index contributed by atoms with van der Waals surface area (Å²) in [5.41, 5.74) is 5.22. The number of quaternary nitrogens is 3. The maximum absolute atomic E-state index is 12.6. The normalized spacial score (nSPS) is 13.0. The molecular formula is C76H87Br3N14O14S. The van der Waals surface area contributed by atoms with Gasteiger partial charge < -0.3 is 106 Å². The summed E-state index contributed by atoms with van der Waals surface area (Å²) in [6, 6.07) is 40.6. The molecule has 0 aliphatic carbocycles. The van der Waals surface area contributed by atoms with Crippen molar-refractivity contribution < 1.29 is 122 Å². The number of thioether (sulfide) groups is 1. The summed E-state index contributed by atoms with van der Waals surface area (Å²) in [6.07, 6.45) is 7.92. The van der Waals surface area contributed by atoms with Crippen LogP contribution in [0.25, 0.3) is 10.9 Å². The summed E-state index contributed by atoms with van der Waals surface area (Å²) in [7, 11) is 15.5. The van der Waals surface area contributed by atoms with Gasteiger partial charge in [0, 0.05) is 72.5 Å². The van der Waals surface area contributed by atoms with Crippen LogP contribution in [0.5, 0.6) is 0 Å². The monoisotopic (exact) mass is 1690 g/mol. The molecule has 32 heteroatoms. The molecule has 7 aromatic rings. The zero-order valence-corrected chi connectivity index (χ0v) is 66.7. The Labute approximate surface area is 660 Å². The number of halogens is 3. The minimum atomic E-state index is -0.696. The Balaban J connectivity index is 0.000000286. The average Bonchev–Trinajstić information content (AvgIpc) is 1.36. The molecule has 0 unspecified atom stereocenters. The van der Waals surface area contributed by atoms with Gasteiger partial charge in [-0.1, -0.05) is 36.4 Å². The molecule has 0 radical (unpaired) electrons. The number of carbonyl (C=O) groups excluding carboxylic acids is 11. The van der Waals surface area contributed by atoms with E-state index in [2.05, 4.69) is 65.4 Å². The van der Waals surface area contributed by atoms with Gasteiger partial charge in [-0.3, -0.25) is 57.3 Å². The third-order valence-corrected chi connectivity index (χ3v) is 18.2. The molecule has 0 fully saturated rings. The van der Waals surface area contributed by atoms with Gasteiger partial charge in [0.1, 0.15) is 0 Å². The van der Waals surface area contributed by atoms with Crippen molar-refractivity contribution in [2.24, 2.45) is 0 Å². The highest BCUT2D eigenvalue weighted by atomic mass is 79.9. The third kappa shape index (κ3) is 23.8. The highest BCUT2D eigenvalue weighted by Gasteiger charge is 2.33. The van der Waals surface area contributed by atoms with E-state index in [1.165, 1.54) is 46.7 Å². The smallest absolute Gasteiger partial charge is 0.422 e. The number of hydrogen-bond donors (Lipinski definition) is 7. The number of hydrogen-bond acceptors (Lipinski definition) is 17. The van der Waals surface area contributed by atoms with E-state index >= 15 is 0 Å². The van der Waals surface area contributed by atoms with Crippen molar-refractivity contribution in [2.45, 2.75) is 6.54 Å².